The Morgan fingerprint density at radius 1 is 0.830 bits per heavy atom. The van der Waals surface area contributed by atoms with Crippen LogP contribution >= 0.6 is 11.8 Å². The average molecular weight is 748 g/mol. The third-order valence-electron chi connectivity index (χ3n) is 9.09. The monoisotopic (exact) mass is 747 g/mol. The molecule has 0 aromatic heterocycles. The molecule has 11 N–H and O–H groups in total. The lowest BCUT2D eigenvalue weighted by Crippen LogP contribution is -2.54. The number of thioether (sulfide) groups is 1. The SMILES string of the molecule is NCCCC[C@H](NC(=O)[C@H](CCCN=C(N)N)NC(=O)c1ccc(/C=C2\SC(=O)N(C3CCCCC3)C2=O)cc1)C(=O)N[C@H](C(N)=O)c1ccccc1. The molecule has 4 rings (SSSR count). The second-order valence-electron chi connectivity index (χ2n) is 13.0. The molecule has 3 atom stereocenters. The van der Waals surface area contributed by atoms with Gasteiger partial charge in [0, 0.05) is 18.2 Å². The number of carbonyl (C=O) groups excluding carboxylic acids is 6. The Morgan fingerprint density at radius 3 is 2.11 bits per heavy atom. The van der Waals surface area contributed by atoms with E-state index in [-0.39, 0.29) is 48.1 Å². The van der Waals surface area contributed by atoms with E-state index in [1.807, 2.05) is 0 Å². The first kappa shape index (κ1) is 40.5. The number of amides is 6. The zero-order valence-corrected chi connectivity index (χ0v) is 30.4. The number of nitrogens with one attached hydrogen (secondary N) is 3. The first-order chi connectivity index (χ1) is 25.5. The Hall–Kier alpha value is -5.22. The summed E-state index contributed by atoms with van der Waals surface area (Å²) in [5, 5.41) is 7.88. The van der Waals surface area contributed by atoms with Crippen molar-refractivity contribution in [1.29, 1.82) is 0 Å². The molecule has 284 valence electrons. The van der Waals surface area contributed by atoms with Crippen LogP contribution in [0.1, 0.15) is 91.7 Å². The van der Waals surface area contributed by atoms with Crippen LogP contribution in [0.3, 0.4) is 0 Å². The largest absolute Gasteiger partial charge is 0.370 e. The topological polar surface area (TPSA) is 258 Å². The van der Waals surface area contributed by atoms with Crippen LogP contribution in [0, 0.1) is 0 Å². The van der Waals surface area contributed by atoms with Crippen molar-refractivity contribution in [2.45, 2.75) is 88.4 Å². The van der Waals surface area contributed by atoms with Gasteiger partial charge in [-0.15, -0.1) is 0 Å². The van der Waals surface area contributed by atoms with Crippen LogP contribution in [0.15, 0.2) is 64.5 Å². The minimum Gasteiger partial charge on any atom is -0.370 e. The summed E-state index contributed by atoms with van der Waals surface area (Å²) in [7, 11) is 0. The Kier molecular flexibility index (Phi) is 15.4. The minimum absolute atomic E-state index is 0.0743. The predicted molar refractivity (Wildman–Crippen MR) is 204 cm³/mol. The highest BCUT2D eigenvalue weighted by Gasteiger charge is 2.40. The third-order valence-corrected chi connectivity index (χ3v) is 9.97. The van der Waals surface area contributed by atoms with Crippen molar-refractivity contribution < 1.29 is 28.8 Å². The zero-order valence-electron chi connectivity index (χ0n) is 29.6. The molecule has 0 bridgehead atoms. The lowest BCUT2D eigenvalue weighted by Gasteiger charge is -2.28. The number of hydrogen-bond acceptors (Lipinski definition) is 9. The van der Waals surface area contributed by atoms with E-state index < -0.39 is 41.8 Å². The van der Waals surface area contributed by atoms with Crippen LogP contribution < -0.4 is 38.9 Å². The van der Waals surface area contributed by atoms with Crippen molar-refractivity contribution in [3.8, 4) is 0 Å². The molecule has 0 spiro atoms. The maximum absolute atomic E-state index is 13.7. The Balaban J connectivity index is 1.47. The molecular formula is C37H49N9O6S. The van der Waals surface area contributed by atoms with E-state index in [2.05, 4.69) is 20.9 Å². The molecular weight excluding hydrogens is 699 g/mol. The smallest absolute Gasteiger partial charge is 0.293 e. The van der Waals surface area contributed by atoms with E-state index in [1.54, 1.807) is 60.7 Å². The fraction of sp³-hybridized carbons (Fsp3) is 0.432. The molecule has 2 aliphatic rings. The van der Waals surface area contributed by atoms with Crippen LogP contribution in [-0.4, -0.2) is 76.8 Å². The van der Waals surface area contributed by atoms with Crippen molar-refractivity contribution in [2.75, 3.05) is 13.1 Å². The maximum atomic E-state index is 13.7. The number of unbranched alkanes of at least 4 members (excludes halogenated alkanes) is 1. The molecule has 1 saturated heterocycles. The molecule has 0 unspecified atom stereocenters. The summed E-state index contributed by atoms with van der Waals surface area (Å²) in [6, 6.07) is 11.5. The first-order valence-corrected chi connectivity index (χ1v) is 18.7. The van der Waals surface area contributed by atoms with Gasteiger partial charge in [0.15, 0.2) is 5.96 Å². The summed E-state index contributed by atoms with van der Waals surface area (Å²) in [6.45, 7) is 0.572. The number of nitrogens with two attached hydrogens (primary N) is 4. The normalized spacial score (nSPS) is 17.2. The van der Waals surface area contributed by atoms with Gasteiger partial charge in [-0.05, 0) is 92.6 Å². The van der Waals surface area contributed by atoms with Crippen LogP contribution in [0.2, 0.25) is 0 Å². The van der Waals surface area contributed by atoms with E-state index in [4.69, 9.17) is 22.9 Å². The standard InChI is InChI=1S/C37H49N9O6S/c38-20-8-7-14-27(34(50)45-30(31(39)47)24-10-3-1-4-11-24)44-33(49)28(15-9-21-42-36(40)41)43-32(48)25-18-16-23(17-19-25)22-29-35(51)46(37(52)53-29)26-12-5-2-6-13-26/h1,3-4,10-11,16-19,22,26-28,30H,2,5-9,12-15,20-21,38H2,(H2,39,47)(H,43,48)(H,44,49)(H,45,50)(H4,40,41,42)/b29-22-/t27-,28-,30-/m0/s1. The van der Waals surface area contributed by atoms with E-state index in [0.29, 0.717) is 41.8 Å². The molecule has 16 heteroatoms. The number of aliphatic imine (C=N–C) groups is 1. The quantitative estimate of drug-likeness (QED) is 0.0506. The lowest BCUT2D eigenvalue weighted by molar-refractivity contribution is -0.132. The summed E-state index contributed by atoms with van der Waals surface area (Å²) in [4.78, 5) is 84.5. The van der Waals surface area contributed by atoms with Crippen LogP contribution in [0.5, 0.6) is 0 Å². The summed E-state index contributed by atoms with van der Waals surface area (Å²) in [5.74, 6) is -3.00. The van der Waals surface area contributed by atoms with Gasteiger partial charge in [-0.2, -0.15) is 0 Å². The molecule has 15 nitrogen and oxygen atoms in total. The van der Waals surface area contributed by atoms with Crippen molar-refractivity contribution in [3.05, 3.63) is 76.2 Å². The van der Waals surface area contributed by atoms with Gasteiger partial charge < -0.3 is 38.9 Å². The highest BCUT2D eigenvalue weighted by atomic mass is 32.2. The Bertz CT molecular complexity index is 1680. The van der Waals surface area contributed by atoms with Crippen LogP contribution in [-0.2, 0) is 19.2 Å². The van der Waals surface area contributed by atoms with E-state index in [1.165, 1.54) is 4.90 Å². The Morgan fingerprint density at radius 2 is 1.47 bits per heavy atom. The predicted octanol–water partition coefficient (Wildman–Crippen LogP) is 2.16. The van der Waals surface area contributed by atoms with Gasteiger partial charge in [0.2, 0.25) is 17.7 Å². The highest BCUT2D eigenvalue weighted by molar-refractivity contribution is 8.18. The summed E-state index contributed by atoms with van der Waals surface area (Å²) in [6.07, 6.45) is 8.11. The first-order valence-electron chi connectivity index (χ1n) is 17.9. The maximum Gasteiger partial charge on any atom is 0.293 e. The number of guanidine groups is 1. The van der Waals surface area contributed by atoms with Gasteiger partial charge in [-0.25, -0.2) is 0 Å². The highest BCUT2D eigenvalue weighted by Crippen LogP contribution is 2.37. The van der Waals surface area contributed by atoms with Crippen LogP contribution in [0.25, 0.3) is 6.08 Å². The number of hydrogen-bond donors (Lipinski definition) is 7. The number of imide groups is 1. The number of carbonyl (C=O) groups is 6. The van der Waals surface area contributed by atoms with Crippen LogP contribution in [0.4, 0.5) is 4.79 Å². The molecule has 2 aromatic rings. The summed E-state index contributed by atoms with van der Waals surface area (Å²) < 4.78 is 0. The van der Waals surface area contributed by atoms with Gasteiger partial charge in [0.25, 0.3) is 17.1 Å². The molecule has 1 heterocycles. The van der Waals surface area contributed by atoms with E-state index >= 15 is 0 Å². The summed E-state index contributed by atoms with van der Waals surface area (Å²) in [5.41, 5.74) is 23.5. The second kappa shape index (κ2) is 20.1. The van der Waals surface area contributed by atoms with Gasteiger partial charge in [0.05, 0.1) is 4.91 Å². The molecule has 53 heavy (non-hydrogen) atoms. The van der Waals surface area contributed by atoms with Crippen molar-refractivity contribution >= 4 is 58.6 Å². The van der Waals surface area contributed by atoms with Gasteiger partial charge >= 0.3 is 0 Å². The Labute approximate surface area is 313 Å². The molecule has 1 aliphatic heterocycles. The number of benzene rings is 2. The second-order valence-corrected chi connectivity index (χ2v) is 14.0. The third kappa shape index (κ3) is 11.9. The average Bonchev–Trinajstić information content (AvgIpc) is 3.43. The van der Waals surface area contributed by atoms with Crippen molar-refractivity contribution in [1.82, 2.24) is 20.9 Å². The number of nitrogens with zero attached hydrogens (tertiary/aromatic N) is 2. The van der Waals surface area contributed by atoms with E-state index in [9.17, 15) is 28.8 Å². The van der Waals surface area contributed by atoms with Crippen molar-refractivity contribution in [2.24, 2.45) is 27.9 Å². The molecule has 2 aromatic carbocycles. The van der Waals surface area contributed by atoms with Gasteiger partial charge in [0.1, 0.15) is 18.1 Å². The lowest BCUT2D eigenvalue weighted by atomic mass is 9.94. The molecule has 0 radical (unpaired) electrons. The fourth-order valence-corrected chi connectivity index (χ4v) is 7.17. The fourth-order valence-electron chi connectivity index (χ4n) is 6.27. The molecule has 1 aliphatic carbocycles. The number of primary amides is 1. The van der Waals surface area contributed by atoms with Crippen molar-refractivity contribution in [3.63, 3.8) is 0 Å². The van der Waals surface area contributed by atoms with Gasteiger partial charge in [-0.3, -0.25) is 38.7 Å². The van der Waals surface area contributed by atoms with Gasteiger partial charge in [-0.1, -0.05) is 61.7 Å². The molecule has 1 saturated carbocycles. The molecule has 2 fully saturated rings. The number of rotatable bonds is 18. The molecule has 6 amide bonds. The summed E-state index contributed by atoms with van der Waals surface area (Å²) >= 11 is 0.912. The minimum atomic E-state index is -1.13. The van der Waals surface area contributed by atoms with E-state index in [0.717, 1.165) is 43.9 Å². The zero-order chi connectivity index (χ0) is 38.3.